The van der Waals surface area contributed by atoms with E-state index in [0.717, 1.165) is 10.8 Å². The molecule has 0 saturated heterocycles. The van der Waals surface area contributed by atoms with Gasteiger partial charge in [-0.2, -0.15) is 0 Å². The van der Waals surface area contributed by atoms with Crippen LogP contribution in [-0.4, -0.2) is 23.1 Å². The van der Waals surface area contributed by atoms with Crippen molar-refractivity contribution < 1.29 is 19.2 Å². The lowest BCUT2D eigenvalue weighted by atomic mass is 9.86. The van der Waals surface area contributed by atoms with Crippen LogP contribution < -0.4 is 0 Å². The largest absolute Gasteiger partial charge is 0.299 e. The average molecular weight is 380 g/mol. The zero-order valence-corrected chi connectivity index (χ0v) is 17.5. The number of Topliss-reactive ketones (excluding diaryl/α,β-unsaturated/α-hetero) is 4. The second-order valence-corrected chi connectivity index (χ2v) is 9.32. The molecule has 148 valence electrons. The lowest BCUT2D eigenvalue weighted by Gasteiger charge is -2.16. The summed E-state index contributed by atoms with van der Waals surface area (Å²) >= 11 is 0. The summed E-state index contributed by atoms with van der Waals surface area (Å²) in [5.41, 5.74) is -0.141. The Balaban J connectivity index is 2.22. The minimum atomic E-state index is -0.549. The Morgan fingerprint density at radius 2 is 0.929 bits per heavy atom. The second-order valence-electron chi connectivity index (χ2n) is 9.32. The van der Waals surface area contributed by atoms with E-state index in [1.807, 2.05) is 0 Å². The molecule has 0 N–H and O–H groups in total. The predicted molar refractivity (Wildman–Crippen MR) is 111 cm³/mol. The summed E-state index contributed by atoms with van der Waals surface area (Å²) in [6, 6.07) is 10.4. The average Bonchev–Trinajstić information content (AvgIpc) is 2.58. The maximum Gasteiger partial charge on any atom is 0.170 e. The van der Waals surface area contributed by atoms with Crippen molar-refractivity contribution in [1.82, 2.24) is 0 Å². The van der Waals surface area contributed by atoms with Crippen LogP contribution in [0.4, 0.5) is 0 Å². The fourth-order valence-corrected chi connectivity index (χ4v) is 2.62. The van der Waals surface area contributed by atoms with E-state index in [2.05, 4.69) is 0 Å². The molecule has 0 aliphatic carbocycles. The smallest absolute Gasteiger partial charge is 0.170 e. The van der Waals surface area contributed by atoms with Gasteiger partial charge in [0, 0.05) is 22.0 Å². The van der Waals surface area contributed by atoms with E-state index in [9.17, 15) is 19.2 Å². The predicted octanol–water partition coefficient (Wildman–Crippen LogP) is 5.22. The molecule has 0 aliphatic rings. The molecular formula is C24H28O4. The summed E-state index contributed by atoms with van der Waals surface area (Å²) in [6.07, 6.45) is -0.249. The molecule has 0 amide bonds. The molecule has 28 heavy (non-hydrogen) atoms. The van der Waals surface area contributed by atoms with Crippen LogP contribution in [0.3, 0.4) is 0 Å². The first-order valence-electron chi connectivity index (χ1n) is 9.46. The fraction of sp³-hybridized carbons (Fsp3) is 0.417. The first-order valence-corrected chi connectivity index (χ1v) is 9.46. The third-order valence-corrected chi connectivity index (χ3v) is 4.80. The van der Waals surface area contributed by atoms with Gasteiger partial charge in [0.1, 0.15) is 11.6 Å². The maximum absolute atomic E-state index is 12.4. The van der Waals surface area contributed by atoms with Gasteiger partial charge in [-0.05, 0) is 22.9 Å². The van der Waals surface area contributed by atoms with Gasteiger partial charge < -0.3 is 0 Å². The van der Waals surface area contributed by atoms with Crippen molar-refractivity contribution in [1.29, 1.82) is 0 Å². The lowest BCUT2D eigenvalue weighted by molar-refractivity contribution is -0.126. The van der Waals surface area contributed by atoms with Crippen molar-refractivity contribution in [3.63, 3.8) is 0 Å². The molecule has 4 heteroatoms. The molecule has 4 nitrogen and oxygen atoms in total. The van der Waals surface area contributed by atoms with Crippen molar-refractivity contribution in [3.8, 4) is 0 Å². The number of hydrogen-bond acceptors (Lipinski definition) is 4. The number of carbonyl (C=O) groups excluding carboxylic acids is 4. The molecule has 2 aromatic rings. The summed E-state index contributed by atoms with van der Waals surface area (Å²) in [5.74, 6) is -0.611. The molecule has 0 bridgehead atoms. The van der Waals surface area contributed by atoms with Gasteiger partial charge in [0.25, 0.3) is 0 Å². The van der Waals surface area contributed by atoms with Gasteiger partial charge in [0.2, 0.25) is 0 Å². The third kappa shape index (κ3) is 5.22. The van der Waals surface area contributed by atoms with Crippen molar-refractivity contribution in [3.05, 3.63) is 47.5 Å². The topological polar surface area (TPSA) is 68.3 Å². The van der Waals surface area contributed by atoms with E-state index in [0.29, 0.717) is 11.1 Å². The van der Waals surface area contributed by atoms with Crippen molar-refractivity contribution in [2.45, 2.75) is 54.4 Å². The van der Waals surface area contributed by atoms with Gasteiger partial charge in [-0.25, -0.2) is 0 Å². The Labute approximate surface area is 166 Å². The zero-order valence-electron chi connectivity index (χ0n) is 17.5. The number of hydrogen-bond donors (Lipinski definition) is 0. The van der Waals surface area contributed by atoms with Gasteiger partial charge in [-0.1, -0.05) is 65.8 Å². The summed E-state index contributed by atoms with van der Waals surface area (Å²) in [5, 5.41) is 1.63. The van der Waals surface area contributed by atoms with Gasteiger partial charge in [-0.3, -0.25) is 19.2 Å². The SMILES string of the molecule is CC(C)(C)C(=O)CC(=O)c1ccc2cc(C(=O)CC(=O)C(C)(C)C)ccc2c1. The lowest BCUT2D eigenvalue weighted by Crippen LogP contribution is -2.23. The highest BCUT2D eigenvalue weighted by molar-refractivity contribution is 6.12. The van der Waals surface area contributed by atoms with Crippen LogP contribution in [-0.2, 0) is 9.59 Å². The van der Waals surface area contributed by atoms with Crippen molar-refractivity contribution in [2.75, 3.05) is 0 Å². The molecule has 0 unspecified atom stereocenters. The van der Waals surface area contributed by atoms with Crippen molar-refractivity contribution >= 4 is 33.9 Å². The quantitative estimate of drug-likeness (QED) is 0.509. The summed E-state index contributed by atoms with van der Waals surface area (Å²) in [7, 11) is 0. The highest BCUT2D eigenvalue weighted by Crippen LogP contribution is 2.23. The minimum Gasteiger partial charge on any atom is -0.299 e. The molecular weight excluding hydrogens is 352 g/mol. The fourth-order valence-electron chi connectivity index (χ4n) is 2.62. The Morgan fingerprint density at radius 1 is 0.607 bits per heavy atom. The summed E-state index contributed by atoms with van der Waals surface area (Å²) < 4.78 is 0. The number of ketones is 4. The van der Waals surface area contributed by atoms with E-state index >= 15 is 0 Å². The monoisotopic (exact) mass is 380 g/mol. The standard InChI is InChI=1S/C24H28O4/c1-23(2,3)21(27)13-19(25)17-9-7-16-12-18(10-8-15(16)11-17)20(26)14-22(28)24(4,5)6/h7-12H,13-14H2,1-6H3. The van der Waals surface area contributed by atoms with E-state index in [4.69, 9.17) is 0 Å². The second kappa shape index (κ2) is 7.78. The Bertz CT molecular complexity index is 873. The molecule has 2 rings (SSSR count). The van der Waals surface area contributed by atoms with Crippen molar-refractivity contribution in [2.24, 2.45) is 10.8 Å². The molecule has 0 heterocycles. The van der Waals surface area contributed by atoms with Crippen LogP contribution in [0.15, 0.2) is 36.4 Å². The van der Waals surface area contributed by atoms with Gasteiger partial charge in [0.05, 0.1) is 12.8 Å². The Morgan fingerprint density at radius 3 is 1.21 bits per heavy atom. The molecule has 0 aliphatic heterocycles. The first-order chi connectivity index (χ1) is 12.8. The van der Waals surface area contributed by atoms with Gasteiger partial charge >= 0.3 is 0 Å². The summed E-state index contributed by atoms with van der Waals surface area (Å²) in [4.78, 5) is 49.1. The molecule has 0 fully saturated rings. The number of carbonyl (C=O) groups is 4. The third-order valence-electron chi connectivity index (χ3n) is 4.80. The van der Waals surface area contributed by atoms with E-state index in [1.54, 1.807) is 77.9 Å². The molecule has 0 radical (unpaired) electrons. The molecule has 0 aromatic heterocycles. The van der Waals surface area contributed by atoms with Crippen LogP contribution >= 0.6 is 0 Å². The number of rotatable bonds is 6. The highest BCUT2D eigenvalue weighted by Gasteiger charge is 2.25. The first kappa shape index (κ1) is 21.7. The van der Waals surface area contributed by atoms with Gasteiger partial charge in [0.15, 0.2) is 11.6 Å². The van der Waals surface area contributed by atoms with Crippen LogP contribution in [0, 0.1) is 10.8 Å². The van der Waals surface area contributed by atoms with Crippen LogP contribution in [0.5, 0.6) is 0 Å². The van der Waals surface area contributed by atoms with E-state index < -0.39 is 10.8 Å². The Kier molecular flexibility index (Phi) is 6.03. The van der Waals surface area contributed by atoms with E-state index in [-0.39, 0.29) is 36.0 Å². The minimum absolute atomic E-state index is 0.0953. The van der Waals surface area contributed by atoms with Crippen LogP contribution in [0.25, 0.3) is 10.8 Å². The highest BCUT2D eigenvalue weighted by atomic mass is 16.2. The zero-order chi connectivity index (χ0) is 21.3. The Hall–Kier alpha value is -2.62. The molecule has 2 aromatic carbocycles. The summed E-state index contributed by atoms with van der Waals surface area (Å²) in [6.45, 7) is 10.8. The molecule has 0 spiro atoms. The van der Waals surface area contributed by atoms with Gasteiger partial charge in [-0.15, -0.1) is 0 Å². The maximum atomic E-state index is 12.4. The number of benzene rings is 2. The number of fused-ring (bicyclic) bond motifs is 1. The molecule has 0 saturated carbocycles. The normalized spacial score (nSPS) is 12.1. The molecule has 0 atom stereocenters. The van der Waals surface area contributed by atoms with E-state index in [1.165, 1.54) is 0 Å². The van der Waals surface area contributed by atoms with Crippen LogP contribution in [0.1, 0.15) is 75.1 Å². The van der Waals surface area contributed by atoms with Crippen LogP contribution in [0.2, 0.25) is 0 Å².